The zero-order valence-electron chi connectivity index (χ0n) is 18.1. The van der Waals surface area contributed by atoms with E-state index in [-0.39, 0.29) is 17.3 Å². The Hall–Kier alpha value is -3.27. The molecule has 0 aliphatic carbocycles. The summed E-state index contributed by atoms with van der Waals surface area (Å²) in [4.78, 5) is 15.0. The van der Waals surface area contributed by atoms with Crippen LogP contribution in [0.3, 0.4) is 0 Å². The van der Waals surface area contributed by atoms with Gasteiger partial charge in [0.2, 0.25) is 11.7 Å². The normalized spacial score (nSPS) is 18.7. The third-order valence-electron chi connectivity index (χ3n) is 5.63. The van der Waals surface area contributed by atoms with Gasteiger partial charge in [0.15, 0.2) is 17.3 Å². The fourth-order valence-corrected chi connectivity index (χ4v) is 5.35. The van der Waals surface area contributed by atoms with Crippen molar-refractivity contribution >= 4 is 21.8 Å². The summed E-state index contributed by atoms with van der Waals surface area (Å²) in [6, 6.07) is 9.75. The number of hydrogen-bond acceptors (Lipinski definition) is 7. The number of nitrogens with zero attached hydrogens (tertiary/aromatic N) is 2. The van der Waals surface area contributed by atoms with E-state index in [0.717, 1.165) is 12.0 Å². The number of rotatable bonds is 6. The van der Waals surface area contributed by atoms with E-state index >= 15 is 0 Å². The van der Waals surface area contributed by atoms with Gasteiger partial charge >= 0.3 is 0 Å². The highest BCUT2D eigenvalue weighted by atomic mass is 32.2. The SMILES string of the molecule is COc1cc(CNC(=O)[C@@H]2CCCN2C2=NS(=O)(=O)c3ccccc32)cc(OC)c1OC. The van der Waals surface area contributed by atoms with Crippen LogP contribution in [0.5, 0.6) is 17.2 Å². The molecule has 1 N–H and O–H groups in total. The maximum Gasteiger partial charge on any atom is 0.285 e. The summed E-state index contributed by atoms with van der Waals surface area (Å²) in [5.41, 5.74) is 1.32. The molecule has 2 aliphatic rings. The second kappa shape index (κ2) is 8.70. The van der Waals surface area contributed by atoms with Gasteiger partial charge in [-0.1, -0.05) is 12.1 Å². The molecular weight excluding hydrogens is 434 g/mol. The highest BCUT2D eigenvalue weighted by Crippen LogP contribution is 2.38. The van der Waals surface area contributed by atoms with E-state index in [2.05, 4.69) is 9.71 Å². The number of carbonyl (C=O) groups excluding carboxylic acids is 1. The molecule has 1 atom stereocenters. The monoisotopic (exact) mass is 459 g/mol. The Balaban J connectivity index is 1.52. The molecule has 2 aromatic rings. The molecular formula is C22H25N3O6S. The highest BCUT2D eigenvalue weighted by Gasteiger charge is 2.39. The fourth-order valence-electron chi connectivity index (χ4n) is 4.13. The van der Waals surface area contributed by atoms with Crippen LogP contribution >= 0.6 is 0 Å². The number of ether oxygens (including phenoxy) is 3. The predicted octanol–water partition coefficient (Wildman–Crippen LogP) is 1.94. The summed E-state index contributed by atoms with van der Waals surface area (Å²) in [5, 5.41) is 2.94. The second-order valence-electron chi connectivity index (χ2n) is 7.49. The van der Waals surface area contributed by atoms with Crippen LogP contribution in [-0.4, -0.2) is 59.0 Å². The number of sulfonamides is 1. The van der Waals surface area contributed by atoms with Gasteiger partial charge < -0.3 is 24.4 Å². The number of carbonyl (C=O) groups is 1. The largest absolute Gasteiger partial charge is 0.493 e. The smallest absolute Gasteiger partial charge is 0.285 e. The van der Waals surface area contributed by atoms with Crippen LogP contribution in [-0.2, 0) is 21.4 Å². The third-order valence-corrected chi connectivity index (χ3v) is 6.96. The lowest BCUT2D eigenvalue weighted by atomic mass is 10.1. The molecule has 0 saturated carbocycles. The minimum absolute atomic E-state index is 0.179. The molecule has 1 fully saturated rings. The Kier molecular flexibility index (Phi) is 5.96. The molecule has 32 heavy (non-hydrogen) atoms. The average molecular weight is 460 g/mol. The van der Waals surface area contributed by atoms with Crippen LogP contribution in [0, 0.1) is 0 Å². The van der Waals surface area contributed by atoms with Gasteiger partial charge in [-0.05, 0) is 42.7 Å². The molecule has 0 radical (unpaired) electrons. The Bertz CT molecular complexity index is 1150. The van der Waals surface area contributed by atoms with Gasteiger partial charge in [0, 0.05) is 18.7 Å². The van der Waals surface area contributed by atoms with Gasteiger partial charge in [0.1, 0.15) is 10.9 Å². The molecule has 170 valence electrons. The lowest BCUT2D eigenvalue weighted by Crippen LogP contribution is -2.45. The number of hydrogen-bond donors (Lipinski definition) is 1. The Morgan fingerprint density at radius 1 is 1.12 bits per heavy atom. The van der Waals surface area contributed by atoms with Crippen molar-refractivity contribution in [3.8, 4) is 17.2 Å². The van der Waals surface area contributed by atoms with Crippen LogP contribution in [0.15, 0.2) is 45.7 Å². The first kappa shape index (κ1) is 21.9. The van der Waals surface area contributed by atoms with Crippen LogP contribution in [0.25, 0.3) is 0 Å². The van der Waals surface area contributed by atoms with Gasteiger partial charge in [0.25, 0.3) is 10.0 Å². The Morgan fingerprint density at radius 3 is 2.47 bits per heavy atom. The fraction of sp³-hybridized carbons (Fsp3) is 0.364. The summed E-state index contributed by atoms with van der Waals surface area (Å²) in [5.74, 6) is 1.62. The number of methoxy groups -OCH3 is 3. The third kappa shape index (κ3) is 3.86. The van der Waals surface area contributed by atoms with Crippen molar-refractivity contribution in [2.24, 2.45) is 4.40 Å². The van der Waals surface area contributed by atoms with Crippen molar-refractivity contribution in [1.29, 1.82) is 0 Å². The quantitative estimate of drug-likeness (QED) is 0.704. The van der Waals surface area contributed by atoms with Crippen LogP contribution < -0.4 is 19.5 Å². The first-order chi connectivity index (χ1) is 15.4. The summed E-state index contributed by atoms with van der Waals surface area (Å²) >= 11 is 0. The first-order valence-electron chi connectivity index (χ1n) is 10.2. The van der Waals surface area contributed by atoms with E-state index in [4.69, 9.17) is 14.2 Å². The number of amidine groups is 1. The maximum absolute atomic E-state index is 13.0. The summed E-state index contributed by atoms with van der Waals surface area (Å²) < 4.78 is 44.9. The van der Waals surface area contributed by atoms with E-state index in [1.807, 2.05) is 0 Å². The van der Waals surface area contributed by atoms with Crippen molar-refractivity contribution in [3.05, 3.63) is 47.5 Å². The van der Waals surface area contributed by atoms with Gasteiger partial charge in [-0.15, -0.1) is 4.40 Å². The molecule has 10 heteroatoms. The number of benzene rings is 2. The standard InChI is InChI=1S/C22H25N3O6S/c1-29-17-11-14(12-18(30-2)20(17)31-3)13-23-22(26)16-8-6-10-25(16)21-15-7-4-5-9-19(15)32(27,28)24-21/h4-5,7,9,11-12,16H,6,8,10,13H2,1-3H3,(H,23,26)/t16-/m0/s1. The molecule has 4 rings (SSSR count). The molecule has 1 saturated heterocycles. The molecule has 2 aliphatic heterocycles. The first-order valence-corrected chi connectivity index (χ1v) is 11.6. The lowest BCUT2D eigenvalue weighted by molar-refractivity contribution is -0.124. The van der Waals surface area contributed by atoms with E-state index in [0.29, 0.717) is 41.6 Å². The number of fused-ring (bicyclic) bond motifs is 1. The van der Waals surface area contributed by atoms with E-state index < -0.39 is 16.1 Å². The highest BCUT2D eigenvalue weighted by molar-refractivity contribution is 7.90. The molecule has 0 unspecified atom stereocenters. The van der Waals surface area contributed by atoms with Crippen LogP contribution in [0.1, 0.15) is 24.0 Å². The zero-order valence-corrected chi connectivity index (χ0v) is 18.9. The number of nitrogens with one attached hydrogen (secondary N) is 1. The topological polar surface area (TPSA) is 107 Å². The van der Waals surface area contributed by atoms with E-state index in [1.54, 1.807) is 35.2 Å². The second-order valence-corrected chi connectivity index (χ2v) is 9.06. The lowest BCUT2D eigenvalue weighted by Gasteiger charge is -2.25. The summed E-state index contributed by atoms with van der Waals surface area (Å²) in [6.45, 7) is 0.812. The maximum atomic E-state index is 13.0. The summed E-state index contributed by atoms with van der Waals surface area (Å²) in [6.07, 6.45) is 1.38. The Morgan fingerprint density at radius 2 is 1.81 bits per heavy atom. The average Bonchev–Trinajstić information content (AvgIpc) is 3.39. The Labute approximate surface area is 187 Å². The molecule has 1 amide bonds. The van der Waals surface area contributed by atoms with E-state index in [9.17, 15) is 13.2 Å². The van der Waals surface area contributed by atoms with Gasteiger partial charge in [-0.25, -0.2) is 0 Å². The van der Waals surface area contributed by atoms with Gasteiger partial charge in [0.05, 0.1) is 21.3 Å². The van der Waals surface area contributed by atoms with Crippen molar-refractivity contribution in [2.45, 2.75) is 30.3 Å². The van der Waals surface area contributed by atoms with Crippen molar-refractivity contribution in [2.75, 3.05) is 27.9 Å². The summed E-state index contributed by atoms with van der Waals surface area (Å²) in [7, 11) is 0.849. The van der Waals surface area contributed by atoms with E-state index in [1.165, 1.54) is 27.4 Å². The number of likely N-dealkylation sites (tertiary alicyclic amines) is 1. The van der Waals surface area contributed by atoms with Crippen molar-refractivity contribution < 1.29 is 27.4 Å². The van der Waals surface area contributed by atoms with Gasteiger partial charge in [-0.2, -0.15) is 8.42 Å². The van der Waals surface area contributed by atoms with Crippen molar-refractivity contribution in [3.63, 3.8) is 0 Å². The minimum atomic E-state index is -3.74. The number of amides is 1. The molecule has 2 aromatic carbocycles. The van der Waals surface area contributed by atoms with Crippen molar-refractivity contribution in [1.82, 2.24) is 10.2 Å². The molecule has 0 spiro atoms. The molecule has 2 heterocycles. The minimum Gasteiger partial charge on any atom is -0.493 e. The molecule has 0 aromatic heterocycles. The molecule has 9 nitrogen and oxygen atoms in total. The predicted molar refractivity (Wildman–Crippen MR) is 118 cm³/mol. The molecule has 0 bridgehead atoms. The van der Waals surface area contributed by atoms with Crippen LogP contribution in [0.2, 0.25) is 0 Å². The zero-order chi connectivity index (χ0) is 22.9. The van der Waals surface area contributed by atoms with Crippen LogP contribution in [0.4, 0.5) is 0 Å². The van der Waals surface area contributed by atoms with Gasteiger partial charge in [-0.3, -0.25) is 4.79 Å².